The Morgan fingerprint density at radius 3 is 2.42 bits per heavy atom. The molecule has 1 atom stereocenters. The van der Waals surface area contributed by atoms with Gasteiger partial charge in [0.05, 0.1) is 11.9 Å². The zero-order chi connectivity index (χ0) is 23.2. The lowest BCUT2D eigenvalue weighted by Gasteiger charge is -2.31. The second kappa shape index (κ2) is 11.0. The van der Waals surface area contributed by atoms with Gasteiger partial charge in [0.2, 0.25) is 21.8 Å². The molecule has 10 heteroatoms. The number of hydrogen-bond acceptors (Lipinski definition) is 4. The predicted octanol–water partition coefficient (Wildman–Crippen LogP) is 3.42. The number of nitrogens with one attached hydrogen (secondary N) is 1. The van der Waals surface area contributed by atoms with E-state index in [0.29, 0.717) is 11.6 Å². The van der Waals surface area contributed by atoms with Crippen molar-refractivity contribution in [1.29, 1.82) is 0 Å². The van der Waals surface area contributed by atoms with Crippen molar-refractivity contribution in [2.45, 2.75) is 26.4 Å². The van der Waals surface area contributed by atoms with Crippen LogP contribution in [0.4, 0.5) is 5.69 Å². The van der Waals surface area contributed by atoms with E-state index in [1.54, 1.807) is 32.0 Å². The lowest BCUT2D eigenvalue weighted by atomic mass is 10.1. The van der Waals surface area contributed by atoms with Gasteiger partial charge >= 0.3 is 0 Å². The molecule has 2 rings (SSSR count). The van der Waals surface area contributed by atoms with Crippen molar-refractivity contribution in [1.82, 2.24) is 10.2 Å². The second-order valence-corrected chi connectivity index (χ2v) is 10.2. The summed E-state index contributed by atoms with van der Waals surface area (Å²) in [6, 6.07) is 12.8. The highest BCUT2D eigenvalue weighted by atomic mass is 79.9. The molecule has 0 fully saturated rings. The fourth-order valence-corrected chi connectivity index (χ4v) is 4.45. The Bertz CT molecular complexity index is 1050. The fourth-order valence-electron chi connectivity index (χ4n) is 2.98. The molecule has 1 N–H and O–H groups in total. The number of halogens is 2. The molecule has 0 aliphatic rings. The first-order valence-corrected chi connectivity index (χ1v) is 12.6. The monoisotopic (exact) mass is 529 g/mol. The number of rotatable bonds is 9. The van der Waals surface area contributed by atoms with Gasteiger partial charge in [-0.05, 0) is 49.7 Å². The van der Waals surface area contributed by atoms with Crippen molar-refractivity contribution >= 4 is 55.1 Å². The molecule has 31 heavy (non-hydrogen) atoms. The van der Waals surface area contributed by atoms with Gasteiger partial charge in [-0.3, -0.25) is 13.9 Å². The third-order valence-electron chi connectivity index (χ3n) is 4.54. The summed E-state index contributed by atoms with van der Waals surface area (Å²) in [5, 5.41) is 3.06. The first-order valence-electron chi connectivity index (χ1n) is 9.57. The Morgan fingerprint density at radius 2 is 1.84 bits per heavy atom. The van der Waals surface area contributed by atoms with Gasteiger partial charge in [0.15, 0.2) is 0 Å². The molecule has 7 nitrogen and oxygen atoms in total. The normalized spacial score (nSPS) is 12.2. The van der Waals surface area contributed by atoms with Crippen LogP contribution < -0.4 is 9.62 Å². The van der Waals surface area contributed by atoms with Gasteiger partial charge in [-0.15, -0.1) is 0 Å². The van der Waals surface area contributed by atoms with E-state index in [0.717, 1.165) is 20.6 Å². The molecule has 0 saturated carbocycles. The molecule has 0 spiro atoms. The lowest BCUT2D eigenvalue weighted by molar-refractivity contribution is -0.139. The van der Waals surface area contributed by atoms with Crippen LogP contribution in [0.3, 0.4) is 0 Å². The molecule has 2 amide bonds. The van der Waals surface area contributed by atoms with Crippen molar-refractivity contribution < 1.29 is 18.0 Å². The Morgan fingerprint density at radius 1 is 1.16 bits per heavy atom. The largest absolute Gasteiger partial charge is 0.355 e. The van der Waals surface area contributed by atoms with E-state index in [1.807, 2.05) is 24.3 Å². The molecule has 0 aliphatic carbocycles. The summed E-state index contributed by atoms with van der Waals surface area (Å²) >= 11 is 9.41. The third-order valence-corrected chi connectivity index (χ3v) is 6.40. The highest BCUT2D eigenvalue weighted by Crippen LogP contribution is 2.23. The van der Waals surface area contributed by atoms with E-state index in [4.69, 9.17) is 11.6 Å². The maximum Gasteiger partial charge on any atom is 0.244 e. The van der Waals surface area contributed by atoms with Crippen molar-refractivity contribution in [3.8, 4) is 0 Å². The van der Waals surface area contributed by atoms with E-state index in [1.165, 1.54) is 11.0 Å². The van der Waals surface area contributed by atoms with E-state index >= 15 is 0 Å². The van der Waals surface area contributed by atoms with Gasteiger partial charge in [-0.2, -0.15) is 0 Å². The minimum absolute atomic E-state index is 0.143. The smallest absolute Gasteiger partial charge is 0.244 e. The molecule has 0 saturated heterocycles. The molecular formula is C21H25BrClN3O4S. The van der Waals surface area contributed by atoms with Crippen LogP contribution in [0.25, 0.3) is 0 Å². The summed E-state index contributed by atoms with van der Waals surface area (Å²) in [7, 11) is -3.78. The van der Waals surface area contributed by atoms with Crippen LogP contribution in [0.5, 0.6) is 0 Å². The number of benzene rings is 2. The quantitative estimate of drug-likeness (QED) is 0.538. The average molecular weight is 531 g/mol. The SMILES string of the molecule is CCNC(=O)[C@H](C)N(Cc1cccc(Br)c1)C(=O)CN(c1cccc(Cl)c1)S(C)(=O)=O. The van der Waals surface area contributed by atoms with Crippen LogP contribution in [0.1, 0.15) is 19.4 Å². The zero-order valence-electron chi connectivity index (χ0n) is 17.5. The summed E-state index contributed by atoms with van der Waals surface area (Å²) in [5.74, 6) is -0.830. The number of sulfonamides is 1. The number of anilines is 1. The number of carbonyl (C=O) groups excluding carboxylic acids is 2. The van der Waals surface area contributed by atoms with Crippen LogP contribution in [0.2, 0.25) is 5.02 Å². The highest BCUT2D eigenvalue weighted by Gasteiger charge is 2.30. The van der Waals surface area contributed by atoms with Gasteiger partial charge < -0.3 is 10.2 Å². The van der Waals surface area contributed by atoms with Crippen molar-refractivity contribution in [2.24, 2.45) is 0 Å². The fraction of sp³-hybridized carbons (Fsp3) is 0.333. The first-order chi connectivity index (χ1) is 14.5. The second-order valence-electron chi connectivity index (χ2n) is 6.97. The minimum Gasteiger partial charge on any atom is -0.355 e. The number of hydrogen-bond donors (Lipinski definition) is 1. The Labute approximate surface area is 196 Å². The Balaban J connectivity index is 2.38. The van der Waals surface area contributed by atoms with Crippen molar-refractivity contribution in [3.63, 3.8) is 0 Å². The van der Waals surface area contributed by atoms with Gasteiger partial charge in [-0.1, -0.05) is 45.7 Å². The predicted molar refractivity (Wildman–Crippen MR) is 126 cm³/mol. The van der Waals surface area contributed by atoms with Crippen LogP contribution in [0.15, 0.2) is 53.0 Å². The number of nitrogens with zero attached hydrogens (tertiary/aromatic N) is 2. The van der Waals surface area contributed by atoms with Crippen LogP contribution in [-0.4, -0.2) is 50.5 Å². The molecule has 2 aromatic rings. The van der Waals surface area contributed by atoms with Crippen LogP contribution in [-0.2, 0) is 26.2 Å². The number of carbonyl (C=O) groups is 2. The molecular weight excluding hydrogens is 506 g/mol. The van der Waals surface area contributed by atoms with Crippen LogP contribution in [0, 0.1) is 0 Å². The van der Waals surface area contributed by atoms with Gasteiger partial charge in [0.25, 0.3) is 0 Å². The molecule has 168 valence electrons. The standard InChI is InChI=1S/C21H25BrClN3O4S/c1-4-24-21(28)15(2)25(13-16-7-5-8-17(22)11-16)20(27)14-26(31(3,29)30)19-10-6-9-18(23)12-19/h5-12,15H,4,13-14H2,1-3H3,(H,24,28)/t15-/m0/s1. The van der Waals surface area contributed by atoms with E-state index in [2.05, 4.69) is 21.2 Å². The van der Waals surface area contributed by atoms with Crippen molar-refractivity contribution in [2.75, 3.05) is 23.7 Å². The van der Waals surface area contributed by atoms with Crippen LogP contribution >= 0.6 is 27.5 Å². The van der Waals surface area contributed by atoms with Gasteiger partial charge in [0, 0.05) is 22.6 Å². The van der Waals surface area contributed by atoms with Crippen molar-refractivity contribution in [3.05, 3.63) is 63.6 Å². The molecule has 0 aliphatic heterocycles. The molecule has 0 heterocycles. The molecule has 0 aromatic heterocycles. The lowest BCUT2D eigenvalue weighted by Crippen LogP contribution is -2.51. The summed E-state index contributed by atoms with van der Waals surface area (Å²) < 4.78 is 26.7. The molecule has 0 radical (unpaired) electrons. The number of likely N-dealkylation sites (N-methyl/N-ethyl adjacent to an activating group) is 1. The molecule has 0 bridgehead atoms. The van der Waals surface area contributed by atoms with Gasteiger partial charge in [0.1, 0.15) is 12.6 Å². The van der Waals surface area contributed by atoms with E-state index < -0.39 is 28.5 Å². The first kappa shape index (κ1) is 25.2. The summed E-state index contributed by atoms with van der Waals surface area (Å²) in [4.78, 5) is 27.1. The minimum atomic E-state index is -3.78. The average Bonchev–Trinajstić information content (AvgIpc) is 2.69. The zero-order valence-corrected chi connectivity index (χ0v) is 20.7. The molecule has 0 unspecified atom stereocenters. The molecule has 2 aromatic carbocycles. The topological polar surface area (TPSA) is 86.8 Å². The number of amides is 2. The van der Waals surface area contributed by atoms with E-state index in [-0.39, 0.29) is 18.1 Å². The highest BCUT2D eigenvalue weighted by molar-refractivity contribution is 9.10. The van der Waals surface area contributed by atoms with Gasteiger partial charge in [-0.25, -0.2) is 8.42 Å². The van der Waals surface area contributed by atoms with E-state index in [9.17, 15) is 18.0 Å². The summed E-state index contributed by atoms with van der Waals surface area (Å²) in [6.07, 6.45) is 1.02. The maximum absolute atomic E-state index is 13.3. The Hall–Kier alpha value is -2.10. The summed E-state index contributed by atoms with van der Waals surface area (Å²) in [5.41, 5.74) is 1.07. The summed E-state index contributed by atoms with van der Waals surface area (Å²) in [6.45, 7) is 3.50. The Kier molecular flexibility index (Phi) is 8.90. The maximum atomic E-state index is 13.3. The third kappa shape index (κ3) is 7.22.